The van der Waals surface area contributed by atoms with Crippen LogP contribution in [0, 0.1) is 16.7 Å². The molecule has 0 radical (unpaired) electrons. The molecule has 0 heterocycles. The Hall–Kier alpha value is -0.550. The van der Waals surface area contributed by atoms with Gasteiger partial charge in [0, 0.05) is 0 Å². The molecule has 1 atom stereocenters. The molecule has 62 valence electrons. The van der Waals surface area contributed by atoms with Gasteiger partial charge in [-0.2, -0.15) is 5.26 Å². The quantitative estimate of drug-likeness (QED) is 0.672. The molecular formula is C9H15NO. The van der Waals surface area contributed by atoms with Gasteiger partial charge >= 0.3 is 0 Å². The number of hydrogen-bond donors (Lipinski definition) is 1. The summed E-state index contributed by atoms with van der Waals surface area (Å²) in [6, 6.07) is 2.03. The molecule has 0 aliphatic heterocycles. The minimum atomic E-state index is -0.383. The summed E-state index contributed by atoms with van der Waals surface area (Å²) in [6.45, 7) is 2.10. The standard InChI is InChI=1S/C9H15NO/c1-2-9(5-3-6-9)8(11)4-7-10/h8,11H,2-6H2,1H3. The zero-order valence-electron chi connectivity index (χ0n) is 7.01. The lowest BCUT2D eigenvalue weighted by Gasteiger charge is -2.44. The Bertz CT molecular complexity index is 161. The van der Waals surface area contributed by atoms with Gasteiger partial charge in [-0.15, -0.1) is 0 Å². The summed E-state index contributed by atoms with van der Waals surface area (Å²) < 4.78 is 0. The van der Waals surface area contributed by atoms with Crippen molar-refractivity contribution >= 4 is 0 Å². The van der Waals surface area contributed by atoms with Crippen LogP contribution in [-0.4, -0.2) is 11.2 Å². The highest BCUT2D eigenvalue weighted by molar-refractivity contribution is 4.95. The summed E-state index contributed by atoms with van der Waals surface area (Å²) in [6.07, 6.45) is 4.35. The average molecular weight is 153 g/mol. The van der Waals surface area contributed by atoms with Crippen molar-refractivity contribution < 1.29 is 5.11 Å². The van der Waals surface area contributed by atoms with Crippen molar-refractivity contribution in [3.63, 3.8) is 0 Å². The maximum absolute atomic E-state index is 9.60. The van der Waals surface area contributed by atoms with Gasteiger partial charge in [0.05, 0.1) is 18.6 Å². The van der Waals surface area contributed by atoms with Crippen molar-refractivity contribution in [3.8, 4) is 6.07 Å². The second-order valence-corrected chi connectivity index (χ2v) is 3.45. The third kappa shape index (κ3) is 1.39. The zero-order chi connectivity index (χ0) is 8.32. The van der Waals surface area contributed by atoms with Crippen molar-refractivity contribution in [2.45, 2.75) is 45.1 Å². The molecule has 2 heteroatoms. The Kier molecular flexibility index (Phi) is 2.51. The minimum absolute atomic E-state index is 0.107. The first kappa shape index (κ1) is 8.55. The number of nitrogens with zero attached hydrogens (tertiary/aromatic N) is 1. The third-order valence-corrected chi connectivity index (χ3v) is 3.04. The van der Waals surface area contributed by atoms with Crippen LogP contribution in [0.3, 0.4) is 0 Å². The van der Waals surface area contributed by atoms with Crippen LogP contribution in [0.25, 0.3) is 0 Å². The van der Waals surface area contributed by atoms with E-state index in [1.807, 2.05) is 6.07 Å². The lowest BCUT2D eigenvalue weighted by molar-refractivity contribution is -0.0344. The monoisotopic (exact) mass is 153 g/mol. The number of aliphatic hydroxyl groups is 1. The molecule has 1 fully saturated rings. The van der Waals surface area contributed by atoms with Crippen molar-refractivity contribution in [2.24, 2.45) is 5.41 Å². The summed E-state index contributed by atoms with van der Waals surface area (Å²) >= 11 is 0. The smallest absolute Gasteiger partial charge is 0.0726 e. The minimum Gasteiger partial charge on any atom is -0.391 e. The van der Waals surface area contributed by atoms with Crippen LogP contribution in [0.15, 0.2) is 0 Å². The molecule has 0 aromatic rings. The predicted octanol–water partition coefficient (Wildman–Crippen LogP) is 1.84. The highest BCUT2D eigenvalue weighted by atomic mass is 16.3. The van der Waals surface area contributed by atoms with Gasteiger partial charge in [0.2, 0.25) is 0 Å². The predicted molar refractivity (Wildman–Crippen MR) is 42.8 cm³/mol. The van der Waals surface area contributed by atoms with E-state index >= 15 is 0 Å². The average Bonchev–Trinajstić information content (AvgIpc) is 1.87. The van der Waals surface area contributed by atoms with Crippen molar-refractivity contribution in [3.05, 3.63) is 0 Å². The van der Waals surface area contributed by atoms with E-state index in [1.165, 1.54) is 6.42 Å². The van der Waals surface area contributed by atoms with Gasteiger partial charge < -0.3 is 5.11 Å². The van der Waals surface area contributed by atoms with E-state index in [1.54, 1.807) is 0 Å². The number of aliphatic hydroxyl groups excluding tert-OH is 1. The number of rotatable bonds is 3. The highest BCUT2D eigenvalue weighted by Gasteiger charge is 2.41. The topological polar surface area (TPSA) is 44.0 Å². The van der Waals surface area contributed by atoms with Crippen LogP contribution in [0.1, 0.15) is 39.0 Å². The molecule has 1 aliphatic carbocycles. The highest BCUT2D eigenvalue weighted by Crippen LogP contribution is 2.47. The van der Waals surface area contributed by atoms with Gasteiger partial charge in [0.1, 0.15) is 0 Å². The lowest BCUT2D eigenvalue weighted by atomic mass is 9.63. The van der Waals surface area contributed by atoms with Crippen LogP contribution >= 0.6 is 0 Å². The van der Waals surface area contributed by atoms with Crippen LogP contribution in [0.2, 0.25) is 0 Å². The van der Waals surface area contributed by atoms with Crippen molar-refractivity contribution in [1.29, 1.82) is 5.26 Å². The Morgan fingerprint density at radius 2 is 2.27 bits per heavy atom. The van der Waals surface area contributed by atoms with E-state index in [-0.39, 0.29) is 11.5 Å². The van der Waals surface area contributed by atoms with Gasteiger partial charge in [0.25, 0.3) is 0 Å². The Morgan fingerprint density at radius 1 is 1.64 bits per heavy atom. The third-order valence-electron chi connectivity index (χ3n) is 3.04. The fraction of sp³-hybridized carbons (Fsp3) is 0.889. The van der Waals surface area contributed by atoms with Gasteiger partial charge in [0.15, 0.2) is 0 Å². The Morgan fingerprint density at radius 3 is 2.55 bits per heavy atom. The fourth-order valence-corrected chi connectivity index (χ4v) is 1.86. The van der Waals surface area contributed by atoms with Gasteiger partial charge in [-0.25, -0.2) is 0 Å². The molecule has 0 aromatic heterocycles. The summed E-state index contributed by atoms with van der Waals surface area (Å²) in [4.78, 5) is 0. The van der Waals surface area contributed by atoms with E-state index in [4.69, 9.17) is 5.26 Å². The maximum atomic E-state index is 9.60. The molecule has 1 saturated carbocycles. The van der Waals surface area contributed by atoms with E-state index in [2.05, 4.69) is 6.92 Å². The summed E-state index contributed by atoms with van der Waals surface area (Å²) in [5, 5.41) is 18.0. The first-order valence-corrected chi connectivity index (χ1v) is 4.30. The van der Waals surface area contributed by atoms with Gasteiger partial charge in [-0.1, -0.05) is 13.3 Å². The molecule has 0 spiro atoms. The van der Waals surface area contributed by atoms with Gasteiger partial charge in [-0.05, 0) is 24.7 Å². The molecule has 1 N–H and O–H groups in total. The van der Waals surface area contributed by atoms with Gasteiger partial charge in [-0.3, -0.25) is 0 Å². The van der Waals surface area contributed by atoms with Crippen molar-refractivity contribution in [2.75, 3.05) is 0 Å². The molecule has 0 amide bonds. The van der Waals surface area contributed by atoms with E-state index in [9.17, 15) is 5.11 Å². The normalized spacial score (nSPS) is 23.4. The lowest BCUT2D eigenvalue weighted by Crippen LogP contribution is -2.40. The van der Waals surface area contributed by atoms with Crippen LogP contribution in [-0.2, 0) is 0 Å². The molecule has 0 aromatic carbocycles. The molecular weight excluding hydrogens is 138 g/mol. The molecule has 2 nitrogen and oxygen atoms in total. The molecule has 1 aliphatic rings. The largest absolute Gasteiger partial charge is 0.391 e. The summed E-state index contributed by atoms with van der Waals surface area (Å²) in [5.74, 6) is 0. The number of nitriles is 1. The second-order valence-electron chi connectivity index (χ2n) is 3.45. The summed E-state index contributed by atoms with van der Waals surface area (Å²) in [5.41, 5.74) is 0.107. The summed E-state index contributed by atoms with van der Waals surface area (Å²) in [7, 11) is 0. The Labute approximate surface area is 67.8 Å². The molecule has 0 bridgehead atoms. The first-order valence-electron chi connectivity index (χ1n) is 4.30. The second kappa shape index (κ2) is 3.23. The fourth-order valence-electron chi connectivity index (χ4n) is 1.86. The van der Waals surface area contributed by atoms with Crippen LogP contribution in [0.4, 0.5) is 0 Å². The molecule has 11 heavy (non-hydrogen) atoms. The maximum Gasteiger partial charge on any atom is 0.0726 e. The number of hydrogen-bond acceptors (Lipinski definition) is 2. The molecule has 1 rings (SSSR count). The molecule has 0 saturated heterocycles. The van der Waals surface area contributed by atoms with E-state index < -0.39 is 0 Å². The van der Waals surface area contributed by atoms with E-state index in [0.29, 0.717) is 6.42 Å². The zero-order valence-corrected chi connectivity index (χ0v) is 7.01. The van der Waals surface area contributed by atoms with Crippen LogP contribution < -0.4 is 0 Å². The first-order chi connectivity index (χ1) is 5.25. The van der Waals surface area contributed by atoms with Crippen LogP contribution in [0.5, 0.6) is 0 Å². The molecule has 1 unspecified atom stereocenters. The van der Waals surface area contributed by atoms with E-state index in [0.717, 1.165) is 19.3 Å². The Balaban J connectivity index is 2.48. The SMILES string of the molecule is CCC1(C(O)CC#N)CCC1. The van der Waals surface area contributed by atoms with Crippen molar-refractivity contribution in [1.82, 2.24) is 0 Å².